The topological polar surface area (TPSA) is 67.2 Å². The van der Waals surface area contributed by atoms with E-state index in [-0.39, 0.29) is 5.91 Å². The second-order valence-corrected chi connectivity index (χ2v) is 5.75. The fourth-order valence-electron chi connectivity index (χ4n) is 2.93. The van der Waals surface area contributed by atoms with E-state index < -0.39 is 6.03 Å². The first-order chi connectivity index (χ1) is 10.5. The number of nitrogens with one attached hydrogen (secondary N) is 1. The second-order valence-electron chi connectivity index (χ2n) is 5.75. The molecule has 6 heteroatoms. The molecule has 3 rings (SSSR count). The Kier molecular flexibility index (Phi) is 3.60. The number of para-hydroxylation sites is 1. The van der Waals surface area contributed by atoms with Crippen LogP contribution in [0.4, 0.5) is 10.6 Å². The zero-order chi connectivity index (χ0) is 15.9. The Hall–Kier alpha value is -2.37. The third kappa shape index (κ3) is 2.24. The van der Waals surface area contributed by atoms with Crippen molar-refractivity contribution in [3.63, 3.8) is 0 Å². The number of anilines is 1. The summed E-state index contributed by atoms with van der Waals surface area (Å²) in [6.45, 7) is 4.71. The van der Waals surface area contributed by atoms with Crippen molar-refractivity contribution >= 4 is 28.7 Å². The summed E-state index contributed by atoms with van der Waals surface area (Å²) >= 11 is 0. The van der Waals surface area contributed by atoms with E-state index in [1.54, 1.807) is 4.90 Å². The maximum atomic E-state index is 12.1. The zero-order valence-electron chi connectivity index (χ0n) is 13.1. The standard InChI is InChI=1S/C16H20N4O2/c1-4-10(2)11-6-5-7-12-14(11)19(3)18-15(12)20-9-8-13(21)17-16(20)22/h5-7,10H,4,8-9H2,1-3H3,(H,17,21,22). The van der Waals surface area contributed by atoms with Gasteiger partial charge in [0.1, 0.15) is 0 Å². The lowest BCUT2D eigenvalue weighted by Gasteiger charge is -2.24. The van der Waals surface area contributed by atoms with E-state index in [2.05, 4.69) is 30.3 Å². The number of carbonyl (C=O) groups excluding carboxylic acids is 2. The van der Waals surface area contributed by atoms with Crippen molar-refractivity contribution in [3.05, 3.63) is 23.8 Å². The minimum absolute atomic E-state index is 0.234. The first kappa shape index (κ1) is 14.6. The van der Waals surface area contributed by atoms with Crippen molar-refractivity contribution in [2.75, 3.05) is 11.4 Å². The first-order valence-corrected chi connectivity index (χ1v) is 7.60. The number of urea groups is 1. The Morgan fingerprint density at radius 3 is 2.82 bits per heavy atom. The van der Waals surface area contributed by atoms with Crippen LogP contribution in [0.3, 0.4) is 0 Å². The summed E-state index contributed by atoms with van der Waals surface area (Å²) in [4.78, 5) is 24.9. The Bertz CT molecular complexity index is 750. The Balaban J connectivity index is 2.12. The van der Waals surface area contributed by atoms with Gasteiger partial charge in [-0.1, -0.05) is 26.0 Å². The largest absolute Gasteiger partial charge is 0.329 e. The highest BCUT2D eigenvalue weighted by atomic mass is 16.2. The van der Waals surface area contributed by atoms with Crippen molar-refractivity contribution in [1.29, 1.82) is 0 Å². The van der Waals surface area contributed by atoms with Gasteiger partial charge in [0.25, 0.3) is 0 Å². The van der Waals surface area contributed by atoms with Crippen LogP contribution in [0, 0.1) is 0 Å². The molecular weight excluding hydrogens is 280 g/mol. The SMILES string of the molecule is CCC(C)c1cccc2c(N3CCC(=O)NC3=O)nn(C)c12. The van der Waals surface area contributed by atoms with Gasteiger partial charge in [-0.3, -0.25) is 19.7 Å². The molecule has 3 amide bonds. The number of fused-ring (bicyclic) bond motifs is 1. The number of nitrogens with zero attached hydrogens (tertiary/aromatic N) is 3. The average molecular weight is 300 g/mol. The molecule has 1 saturated heterocycles. The molecule has 0 radical (unpaired) electrons. The summed E-state index contributed by atoms with van der Waals surface area (Å²) in [6, 6.07) is 5.70. The van der Waals surface area contributed by atoms with Crippen molar-refractivity contribution in [2.45, 2.75) is 32.6 Å². The van der Waals surface area contributed by atoms with Gasteiger partial charge >= 0.3 is 6.03 Å². The van der Waals surface area contributed by atoms with Gasteiger partial charge in [-0.2, -0.15) is 5.10 Å². The predicted molar refractivity (Wildman–Crippen MR) is 84.9 cm³/mol. The number of amides is 3. The van der Waals surface area contributed by atoms with Gasteiger partial charge in [0.05, 0.1) is 5.52 Å². The van der Waals surface area contributed by atoms with E-state index in [4.69, 9.17) is 0 Å². The highest BCUT2D eigenvalue weighted by molar-refractivity contribution is 6.09. The van der Waals surface area contributed by atoms with E-state index in [1.165, 1.54) is 5.56 Å². The number of hydrogen-bond donors (Lipinski definition) is 1. The first-order valence-electron chi connectivity index (χ1n) is 7.60. The monoisotopic (exact) mass is 300 g/mol. The Morgan fingerprint density at radius 2 is 2.14 bits per heavy atom. The molecule has 116 valence electrons. The van der Waals surface area contributed by atoms with Gasteiger partial charge in [-0.25, -0.2) is 4.79 Å². The molecule has 1 aromatic heterocycles. The molecule has 1 N–H and O–H groups in total. The number of hydrogen-bond acceptors (Lipinski definition) is 3. The molecule has 2 heterocycles. The van der Waals surface area contributed by atoms with Crippen LogP contribution in [0.5, 0.6) is 0 Å². The fourth-order valence-corrected chi connectivity index (χ4v) is 2.93. The number of carbonyl (C=O) groups is 2. The Morgan fingerprint density at radius 1 is 1.36 bits per heavy atom. The second kappa shape index (κ2) is 5.44. The zero-order valence-corrected chi connectivity index (χ0v) is 13.1. The molecule has 0 saturated carbocycles. The number of aromatic nitrogens is 2. The molecule has 0 spiro atoms. The lowest BCUT2D eigenvalue weighted by atomic mass is 9.96. The molecule has 0 aliphatic carbocycles. The van der Waals surface area contributed by atoms with Crippen molar-refractivity contribution in [3.8, 4) is 0 Å². The van der Waals surface area contributed by atoms with Crippen LogP contribution in [0.25, 0.3) is 10.9 Å². The third-order valence-corrected chi connectivity index (χ3v) is 4.33. The molecule has 2 aromatic rings. The predicted octanol–water partition coefficient (Wildman–Crippen LogP) is 2.53. The van der Waals surface area contributed by atoms with Crippen LogP contribution in [-0.2, 0) is 11.8 Å². The molecular formula is C16H20N4O2. The van der Waals surface area contributed by atoms with E-state index in [0.29, 0.717) is 24.7 Å². The van der Waals surface area contributed by atoms with E-state index >= 15 is 0 Å². The smallest absolute Gasteiger partial charge is 0.278 e. The normalized spacial score (nSPS) is 17.0. The molecule has 0 bridgehead atoms. The van der Waals surface area contributed by atoms with Gasteiger partial charge in [-0.15, -0.1) is 0 Å². The minimum atomic E-state index is -0.398. The number of rotatable bonds is 3. The summed E-state index contributed by atoms with van der Waals surface area (Å²) < 4.78 is 1.83. The quantitative estimate of drug-likeness (QED) is 0.947. The number of aryl methyl sites for hydroxylation is 1. The van der Waals surface area contributed by atoms with Crippen LogP contribution < -0.4 is 10.2 Å². The van der Waals surface area contributed by atoms with Gasteiger partial charge < -0.3 is 0 Å². The summed E-state index contributed by atoms with van der Waals surface area (Å²) in [6.07, 6.45) is 1.34. The average Bonchev–Trinajstić information content (AvgIpc) is 2.84. The summed E-state index contributed by atoms with van der Waals surface area (Å²) in [5.41, 5.74) is 2.28. The third-order valence-electron chi connectivity index (χ3n) is 4.33. The van der Waals surface area contributed by atoms with Crippen LogP contribution in [0.15, 0.2) is 18.2 Å². The molecule has 22 heavy (non-hydrogen) atoms. The maximum absolute atomic E-state index is 12.1. The molecule has 1 aliphatic heterocycles. The molecule has 1 fully saturated rings. The van der Waals surface area contributed by atoms with Crippen molar-refractivity contribution in [2.24, 2.45) is 7.05 Å². The lowest BCUT2D eigenvalue weighted by molar-refractivity contribution is -0.120. The summed E-state index contributed by atoms with van der Waals surface area (Å²) in [5.74, 6) is 0.804. The number of benzene rings is 1. The van der Waals surface area contributed by atoms with Crippen LogP contribution in [-0.4, -0.2) is 28.3 Å². The molecule has 1 aromatic carbocycles. The van der Waals surface area contributed by atoms with Crippen molar-refractivity contribution < 1.29 is 9.59 Å². The van der Waals surface area contributed by atoms with Gasteiger partial charge in [0.15, 0.2) is 5.82 Å². The number of imide groups is 1. The van der Waals surface area contributed by atoms with E-state index in [1.807, 2.05) is 23.9 Å². The van der Waals surface area contributed by atoms with Crippen LogP contribution >= 0.6 is 0 Å². The highest BCUT2D eigenvalue weighted by Gasteiger charge is 2.28. The van der Waals surface area contributed by atoms with Crippen LogP contribution in [0.1, 0.15) is 38.2 Å². The molecule has 1 aliphatic rings. The fraction of sp³-hybridized carbons (Fsp3) is 0.438. The summed E-state index contributed by atoms with van der Waals surface area (Å²) in [5, 5.41) is 7.83. The molecule has 6 nitrogen and oxygen atoms in total. The van der Waals surface area contributed by atoms with Crippen LogP contribution in [0.2, 0.25) is 0 Å². The van der Waals surface area contributed by atoms with Gasteiger partial charge in [-0.05, 0) is 24.0 Å². The van der Waals surface area contributed by atoms with E-state index in [0.717, 1.165) is 17.3 Å². The Labute approximate surface area is 129 Å². The molecule has 1 unspecified atom stereocenters. The van der Waals surface area contributed by atoms with Crippen molar-refractivity contribution in [1.82, 2.24) is 15.1 Å². The van der Waals surface area contributed by atoms with Gasteiger partial charge in [0.2, 0.25) is 5.91 Å². The highest BCUT2D eigenvalue weighted by Crippen LogP contribution is 2.33. The maximum Gasteiger partial charge on any atom is 0.329 e. The minimum Gasteiger partial charge on any atom is -0.278 e. The molecule has 1 atom stereocenters. The lowest BCUT2D eigenvalue weighted by Crippen LogP contribution is -2.49. The van der Waals surface area contributed by atoms with Gasteiger partial charge in [0, 0.05) is 25.4 Å². The van der Waals surface area contributed by atoms with E-state index in [9.17, 15) is 9.59 Å². The summed E-state index contributed by atoms with van der Waals surface area (Å²) in [7, 11) is 1.89.